The number of nitrogens with zero attached hydrogens (tertiary/aromatic N) is 1. The molecular weight excluding hydrogens is 232 g/mol. The predicted molar refractivity (Wildman–Crippen MR) is 84.5 cm³/mol. The van der Waals surface area contributed by atoms with Gasteiger partial charge in [0.1, 0.15) is 0 Å². The van der Waals surface area contributed by atoms with Gasteiger partial charge < -0.3 is 9.88 Å². The summed E-state index contributed by atoms with van der Waals surface area (Å²) in [6.45, 7) is 5.67. The molecule has 0 saturated heterocycles. The molecule has 1 heterocycles. The zero-order valence-corrected chi connectivity index (χ0v) is 13.1. The van der Waals surface area contributed by atoms with Gasteiger partial charge in [0.15, 0.2) is 0 Å². The number of hydrogen-bond acceptors (Lipinski definition) is 1. The highest BCUT2D eigenvalue weighted by molar-refractivity contribution is 5.11. The van der Waals surface area contributed by atoms with E-state index in [1.54, 1.807) is 0 Å². The number of hydrogen-bond donors (Lipinski definition) is 1. The number of unbranched alkanes of at least 4 members (excludes halogenated alkanes) is 7. The van der Waals surface area contributed by atoms with E-state index < -0.39 is 0 Å². The molecule has 1 rings (SSSR count). The third-order valence-corrected chi connectivity index (χ3v) is 3.99. The van der Waals surface area contributed by atoms with E-state index in [0.29, 0.717) is 6.04 Å². The third kappa shape index (κ3) is 6.29. The molecule has 1 N–H and O–H groups in total. The van der Waals surface area contributed by atoms with Crippen LogP contribution in [0.2, 0.25) is 0 Å². The van der Waals surface area contributed by atoms with Crippen LogP contribution in [0.5, 0.6) is 0 Å². The lowest BCUT2D eigenvalue weighted by Crippen LogP contribution is -2.16. The minimum atomic E-state index is 0.448. The molecule has 1 unspecified atom stereocenters. The summed E-state index contributed by atoms with van der Waals surface area (Å²) in [7, 11) is 2.03. The normalized spacial score (nSPS) is 12.8. The highest BCUT2D eigenvalue weighted by Gasteiger charge is 2.06. The van der Waals surface area contributed by atoms with Gasteiger partial charge in [-0.3, -0.25) is 0 Å². The van der Waals surface area contributed by atoms with Crippen molar-refractivity contribution in [3.63, 3.8) is 0 Å². The van der Waals surface area contributed by atoms with E-state index in [2.05, 4.69) is 42.1 Å². The minimum Gasteiger partial charge on any atom is -0.350 e. The van der Waals surface area contributed by atoms with Gasteiger partial charge in [0.05, 0.1) is 0 Å². The van der Waals surface area contributed by atoms with E-state index in [1.807, 2.05) is 7.05 Å². The zero-order chi connectivity index (χ0) is 13.9. The monoisotopic (exact) mass is 264 g/mol. The van der Waals surface area contributed by atoms with Crippen molar-refractivity contribution in [3.05, 3.63) is 24.0 Å². The fourth-order valence-corrected chi connectivity index (χ4v) is 2.59. The number of rotatable bonds is 11. The van der Waals surface area contributed by atoms with Crippen LogP contribution in [0.25, 0.3) is 0 Å². The molecule has 0 radical (unpaired) electrons. The largest absolute Gasteiger partial charge is 0.350 e. The minimum absolute atomic E-state index is 0.448. The Morgan fingerprint density at radius 2 is 1.68 bits per heavy atom. The summed E-state index contributed by atoms with van der Waals surface area (Å²) in [5, 5.41) is 3.32. The maximum absolute atomic E-state index is 3.32. The summed E-state index contributed by atoms with van der Waals surface area (Å²) in [6.07, 6.45) is 13.3. The van der Waals surface area contributed by atoms with Gasteiger partial charge in [0.2, 0.25) is 0 Å². The number of aryl methyl sites for hydroxylation is 1. The zero-order valence-electron chi connectivity index (χ0n) is 13.1. The first-order chi connectivity index (χ1) is 9.29. The predicted octanol–water partition coefficient (Wildman–Crippen LogP) is 4.91. The van der Waals surface area contributed by atoms with Crippen molar-refractivity contribution in [2.24, 2.45) is 0 Å². The summed E-state index contributed by atoms with van der Waals surface area (Å²) in [5.74, 6) is 0. The van der Waals surface area contributed by atoms with Gasteiger partial charge >= 0.3 is 0 Å². The van der Waals surface area contributed by atoms with Crippen LogP contribution in [-0.4, -0.2) is 11.6 Å². The summed E-state index contributed by atoms with van der Waals surface area (Å²) in [6, 6.07) is 4.84. The average Bonchev–Trinajstić information content (AvgIpc) is 2.89. The van der Waals surface area contributed by atoms with Crippen LogP contribution in [0.4, 0.5) is 0 Å². The Kier molecular flexibility index (Phi) is 8.64. The molecule has 0 saturated carbocycles. The lowest BCUT2D eigenvalue weighted by atomic mass is 10.1. The van der Waals surface area contributed by atoms with Gasteiger partial charge in [-0.2, -0.15) is 0 Å². The maximum atomic E-state index is 3.32. The average molecular weight is 264 g/mol. The Labute approximate surface area is 119 Å². The van der Waals surface area contributed by atoms with E-state index >= 15 is 0 Å². The van der Waals surface area contributed by atoms with Crippen LogP contribution in [0.3, 0.4) is 0 Å². The molecule has 0 fully saturated rings. The van der Waals surface area contributed by atoms with Crippen molar-refractivity contribution in [1.29, 1.82) is 0 Å². The highest BCUT2D eigenvalue weighted by atomic mass is 15.0. The topological polar surface area (TPSA) is 17.0 Å². The molecule has 0 bridgehead atoms. The van der Waals surface area contributed by atoms with Gasteiger partial charge in [-0.15, -0.1) is 0 Å². The van der Waals surface area contributed by atoms with Gasteiger partial charge in [-0.25, -0.2) is 0 Å². The van der Waals surface area contributed by atoms with Crippen molar-refractivity contribution in [3.8, 4) is 0 Å². The molecule has 1 aromatic heterocycles. The van der Waals surface area contributed by atoms with E-state index in [4.69, 9.17) is 0 Å². The molecule has 0 amide bonds. The van der Waals surface area contributed by atoms with E-state index in [1.165, 1.54) is 63.6 Å². The molecule has 1 atom stereocenters. The lowest BCUT2D eigenvalue weighted by molar-refractivity contribution is 0.517. The Hall–Kier alpha value is -0.760. The van der Waals surface area contributed by atoms with Crippen molar-refractivity contribution < 1.29 is 0 Å². The van der Waals surface area contributed by atoms with Crippen LogP contribution < -0.4 is 5.32 Å². The fraction of sp³-hybridized carbons (Fsp3) is 0.765. The van der Waals surface area contributed by atoms with Crippen LogP contribution in [0.15, 0.2) is 18.3 Å². The molecular formula is C17H32N2. The van der Waals surface area contributed by atoms with Gasteiger partial charge in [0.25, 0.3) is 0 Å². The second-order valence-corrected chi connectivity index (χ2v) is 5.61. The molecule has 2 nitrogen and oxygen atoms in total. The number of nitrogens with one attached hydrogen (secondary N) is 1. The SMILES string of the molecule is CCCCCCCCCCn1cccc1C(C)NC. The van der Waals surface area contributed by atoms with Crippen LogP contribution in [0.1, 0.15) is 76.9 Å². The summed E-state index contributed by atoms with van der Waals surface area (Å²) >= 11 is 0. The highest BCUT2D eigenvalue weighted by Crippen LogP contribution is 2.15. The Morgan fingerprint density at radius 1 is 1.05 bits per heavy atom. The molecule has 0 aliphatic heterocycles. The summed E-state index contributed by atoms with van der Waals surface area (Å²) in [5.41, 5.74) is 1.41. The Balaban J connectivity index is 2.11. The summed E-state index contributed by atoms with van der Waals surface area (Å²) in [4.78, 5) is 0. The second kappa shape index (κ2) is 10.1. The van der Waals surface area contributed by atoms with Crippen molar-refractivity contribution in [2.45, 2.75) is 77.8 Å². The van der Waals surface area contributed by atoms with Crippen LogP contribution in [0, 0.1) is 0 Å². The molecule has 0 aromatic carbocycles. The standard InChI is InChI=1S/C17H32N2/c1-4-5-6-7-8-9-10-11-14-19-15-12-13-17(19)16(2)18-3/h12-13,15-16,18H,4-11,14H2,1-3H3. The second-order valence-electron chi connectivity index (χ2n) is 5.61. The molecule has 1 aromatic rings. The van der Waals surface area contributed by atoms with Gasteiger partial charge in [-0.05, 0) is 32.5 Å². The lowest BCUT2D eigenvalue weighted by Gasteiger charge is -2.14. The first-order valence-electron chi connectivity index (χ1n) is 8.12. The number of aromatic nitrogens is 1. The van der Waals surface area contributed by atoms with Crippen LogP contribution >= 0.6 is 0 Å². The van der Waals surface area contributed by atoms with Gasteiger partial charge in [0, 0.05) is 24.5 Å². The van der Waals surface area contributed by atoms with E-state index in [-0.39, 0.29) is 0 Å². The smallest absolute Gasteiger partial charge is 0.0443 e. The van der Waals surface area contributed by atoms with Crippen LogP contribution in [-0.2, 0) is 6.54 Å². The maximum Gasteiger partial charge on any atom is 0.0443 e. The van der Waals surface area contributed by atoms with Crippen molar-refractivity contribution in [1.82, 2.24) is 9.88 Å². The third-order valence-electron chi connectivity index (χ3n) is 3.99. The molecule has 2 heteroatoms. The Morgan fingerprint density at radius 3 is 2.32 bits per heavy atom. The van der Waals surface area contributed by atoms with Gasteiger partial charge in [-0.1, -0.05) is 51.9 Å². The van der Waals surface area contributed by atoms with Crippen molar-refractivity contribution >= 4 is 0 Å². The Bertz CT molecular complexity index is 317. The molecule has 0 spiro atoms. The molecule has 0 aliphatic rings. The summed E-state index contributed by atoms with van der Waals surface area (Å²) < 4.78 is 2.40. The van der Waals surface area contributed by atoms with E-state index in [0.717, 1.165) is 0 Å². The molecule has 0 aliphatic carbocycles. The van der Waals surface area contributed by atoms with E-state index in [9.17, 15) is 0 Å². The first kappa shape index (κ1) is 16.3. The fourth-order valence-electron chi connectivity index (χ4n) is 2.59. The quantitative estimate of drug-likeness (QED) is 0.562. The molecule has 19 heavy (non-hydrogen) atoms. The first-order valence-corrected chi connectivity index (χ1v) is 8.12. The molecule has 110 valence electrons. The van der Waals surface area contributed by atoms with Crippen molar-refractivity contribution in [2.75, 3.05) is 7.05 Å².